The standard InChI is InChI=1S/C29H34N2O6S4/c32-40(33,34)18-8-16-30-26-14-6-7-15-27(26)39-28(30)20-22-21-29(38-17-9-19-41(35,36)37)31(23-10-2-1-3-11-23)25-13-5-4-12-24(22)25/h1-5,10-13,20-21,26-27H,6-9,14-19H2,(H-,32,33,34,35,36,37)/p+1. The Bertz CT molecular complexity index is 1630. The van der Waals surface area contributed by atoms with Crippen LogP contribution in [0.3, 0.4) is 0 Å². The minimum Gasteiger partial charge on any atom is -0.362 e. The van der Waals surface area contributed by atoms with Gasteiger partial charge in [-0.05, 0) is 43.4 Å². The number of nitrogens with zero attached hydrogens (tertiary/aromatic N) is 2. The number of hydrogen-bond donors (Lipinski definition) is 2. The van der Waals surface area contributed by atoms with E-state index in [1.807, 2.05) is 54.2 Å². The van der Waals surface area contributed by atoms with Crippen LogP contribution in [-0.4, -0.2) is 65.9 Å². The van der Waals surface area contributed by atoms with Gasteiger partial charge in [-0.25, -0.2) is 0 Å². The number of pyridine rings is 1. The van der Waals surface area contributed by atoms with Gasteiger partial charge < -0.3 is 4.90 Å². The molecule has 1 saturated heterocycles. The van der Waals surface area contributed by atoms with E-state index in [-0.39, 0.29) is 11.5 Å². The largest absolute Gasteiger partial charge is 0.362 e. The third-order valence-electron chi connectivity index (χ3n) is 7.47. The topological polar surface area (TPSA) is 116 Å². The predicted octanol–water partition coefficient (Wildman–Crippen LogP) is 5.42. The van der Waals surface area contributed by atoms with Crippen molar-refractivity contribution in [1.29, 1.82) is 0 Å². The van der Waals surface area contributed by atoms with Gasteiger partial charge in [0.25, 0.3) is 20.2 Å². The molecule has 1 saturated carbocycles. The van der Waals surface area contributed by atoms with Gasteiger partial charge in [-0.15, -0.1) is 16.3 Å². The Morgan fingerprint density at radius 2 is 1.61 bits per heavy atom. The van der Waals surface area contributed by atoms with E-state index in [0.29, 0.717) is 36.4 Å². The lowest BCUT2D eigenvalue weighted by atomic mass is 9.94. The fraction of sp³-hybridized carbons (Fsp3) is 0.414. The van der Waals surface area contributed by atoms with Gasteiger partial charge in [-0.2, -0.15) is 16.8 Å². The SMILES string of the molecule is O=S(=O)(O)CCCSc1cc(/C=C2/SC3CCCCC3N2CCCS(=O)(=O)O)c2ccccc2[n+]1-c1ccccc1. The fourth-order valence-corrected chi connectivity index (χ4v) is 9.51. The number of fused-ring (bicyclic) bond motifs is 2. The van der Waals surface area contributed by atoms with Crippen LogP contribution < -0.4 is 4.57 Å². The van der Waals surface area contributed by atoms with Crippen molar-refractivity contribution in [3.63, 3.8) is 0 Å². The fourth-order valence-electron chi connectivity index (χ4n) is 5.69. The van der Waals surface area contributed by atoms with Crippen molar-refractivity contribution in [3.05, 3.63) is 71.3 Å². The molecule has 12 heteroatoms. The van der Waals surface area contributed by atoms with Crippen LogP contribution in [0.4, 0.5) is 0 Å². The van der Waals surface area contributed by atoms with Crippen molar-refractivity contribution in [3.8, 4) is 5.69 Å². The maximum absolute atomic E-state index is 11.4. The van der Waals surface area contributed by atoms with E-state index in [4.69, 9.17) is 0 Å². The molecule has 2 aliphatic rings. The highest BCUT2D eigenvalue weighted by molar-refractivity contribution is 8.04. The van der Waals surface area contributed by atoms with Crippen LogP contribution in [-0.2, 0) is 20.2 Å². The summed E-state index contributed by atoms with van der Waals surface area (Å²) in [5, 5.41) is 3.59. The van der Waals surface area contributed by atoms with Gasteiger partial charge in [0.15, 0.2) is 0 Å². The van der Waals surface area contributed by atoms with Crippen LogP contribution >= 0.6 is 23.5 Å². The van der Waals surface area contributed by atoms with Crippen molar-refractivity contribution in [1.82, 2.24) is 4.90 Å². The molecule has 2 aromatic carbocycles. The molecule has 0 bridgehead atoms. The second-order valence-electron chi connectivity index (χ2n) is 10.4. The smallest absolute Gasteiger partial charge is 0.264 e. The first-order valence-electron chi connectivity index (χ1n) is 13.8. The van der Waals surface area contributed by atoms with Crippen LogP contribution in [0.5, 0.6) is 0 Å². The molecular weight excluding hydrogens is 601 g/mol. The van der Waals surface area contributed by atoms with Crippen molar-refractivity contribution in [2.24, 2.45) is 0 Å². The van der Waals surface area contributed by atoms with Crippen molar-refractivity contribution < 1.29 is 30.5 Å². The summed E-state index contributed by atoms with van der Waals surface area (Å²) in [5.74, 6) is -0.0239. The Morgan fingerprint density at radius 3 is 2.37 bits per heavy atom. The number of benzene rings is 2. The molecule has 1 aromatic heterocycles. The predicted molar refractivity (Wildman–Crippen MR) is 167 cm³/mol. The highest BCUT2D eigenvalue weighted by Crippen LogP contribution is 2.46. The van der Waals surface area contributed by atoms with Gasteiger partial charge in [-0.1, -0.05) is 54.9 Å². The Labute approximate surface area is 250 Å². The van der Waals surface area contributed by atoms with Crippen LogP contribution in [0, 0.1) is 0 Å². The first-order chi connectivity index (χ1) is 19.6. The molecule has 1 aliphatic carbocycles. The monoisotopic (exact) mass is 635 g/mol. The van der Waals surface area contributed by atoms with Gasteiger partial charge >= 0.3 is 0 Å². The molecular formula is C29H35N2O6S4+. The molecule has 2 fully saturated rings. The van der Waals surface area contributed by atoms with E-state index in [1.54, 1.807) is 11.8 Å². The normalized spacial score (nSPS) is 20.5. The van der Waals surface area contributed by atoms with E-state index < -0.39 is 20.2 Å². The van der Waals surface area contributed by atoms with Crippen LogP contribution in [0.2, 0.25) is 0 Å². The lowest BCUT2D eigenvalue weighted by molar-refractivity contribution is -0.608. The lowest BCUT2D eigenvalue weighted by Crippen LogP contribution is -2.37. The Kier molecular flexibility index (Phi) is 9.67. The summed E-state index contributed by atoms with van der Waals surface area (Å²) in [4.78, 5) is 2.34. The van der Waals surface area contributed by atoms with Crippen LogP contribution in [0.25, 0.3) is 22.7 Å². The Balaban J connectivity index is 1.56. The first kappa shape index (κ1) is 30.4. The van der Waals surface area contributed by atoms with E-state index in [1.165, 1.54) is 6.42 Å². The minimum absolute atomic E-state index is 0.255. The summed E-state index contributed by atoms with van der Waals surface area (Å²) in [5.41, 5.74) is 3.04. The molecule has 41 heavy (non-hydrogen) atoms. The van der Waals surface area contributed by atoms with E-state index in [2.05, 4.69) is 33.7 Å². The molecule has 2 unspecified atom stereocenters. The molecule has 2 atom stereocenters. The van der Waals surface area contributed by atoms with E-state index >= 15 is 0 Å². The molecule has 1 aliphatic heterocycles. The molecule has 8 nitrogen and oxygen atoms in total. The Hall–Kier alpha value is -2.09. The number of thioether (sulfide) groups is 2. The molecule has 5 rings (SSSR count). The second-order valence-corrected chi connectivity index (χ2v) is 16.0. The van der Waals surface area contributed by atoms with Crippen molar-refractivity contribution in [2.75, 3.05) is 23.8 Å². The maximum atomic E-state index is 11.4. The molecule has 0 spiro atoms. The van der Waals surface area contributed by atoms with Crippen molar-refractivity contribution in [2.45, 2.75) is 54.8 Å². The summed E-state index contributed by atoms with van der Waals surface area (Å²) in [6.07, 6.45) is 7.42. The summed E-state index contributed by atoms with van der Waals surface area (Å²) in [6, 6.07) is 20.7. The van der Waals surface area contributed by atoms with Gasteiger partial charge in [-0.3, -0.25) is 9.11 Å². The lowest BCUT2D eigenvalue weighted by Gasteiger charge is -2.32. The number of hydrogen-bond acceptors (Lipinski definition) is 7. The van der Waals surface area contributed by atoms with Gasteiger partial charge in [0.05, 0.1) is 21.9 Å². The minimum atomic E-state index is -4.02. The Morgan fingerprint density at radius 1 is 0.927 bits per heavy atom. The van der Waals surface area contributed by atoms with Gasteiger partial charge in [0.1, 0.15) is 0 Å². The van der Waals surface area contributed by atoms with Crippen molar-refractivity contribution >= 4 is 60.7 Å². The van der Waals surface area contributed by atoms with Crippen LogP contribution in [0.1, 0.15) is 44.1 Å². The first-order valence-corrected chi connectivity index (χ1v) is 18.9. The highest BCUT2D eigenvalue weighted by Gasteiger charge is 2.39. The number of para-hydroxylation sites is 2. The quantitative estimate of drug-likeness (QED) is 0.123. The number of aromatic nitrogens is 1. The molecule has 220 valence electrons. The third kappa shape index (κ3) is 7.85. The summed E-state index contributed by atoms with van der Waals surface area (Å²) >= 11 is 3.41. The summed E-state index contributed by atoms with van der Waals surface area (Å²) in [6.45, 7) is 0.561. The van der Waals surface area contributed by atoms with Gasteiger partial charge in [0, 0.05) is 47.9 Å². The zero-order valence-corrected chi connectivity index (χ0v) is 25.9. The average Bonchev–Trinajstić information content (AvgIpc) is 3.27. The maximum Gasteiger partial charge on any atom is 0.264 e. The van der Waals surface area contributed by atoms with Crippen LogP contribution in [0.15, 0.2) is 70.7 Å². The van der Waals surface area contributed by atoms with E-state index in [0.717, 1.165) is 51.5 Å². The molecule has 0 amide bonds. The molecule has 3 aromatic rings. The van der Waals surface area contributed by atoms with E-state index in [9.17, 15) is 25.9 Å². The zero-order chi connectivity index (χ0) is 29.0. The second kappa shape index (κ2) is 13.0. The molecule has 2 heterocycles. The zero-order valence-electron chi connectivity index (χ0n) is 22.6. The summed E-state index contributed by atoms with van der Waals surface area (Å²) < 4.78 is 66.1. The van der Waals surface area contributed by atoms with Gasteiger partial charge in [0.2, 0.25) is 16.2 Å². The average molecular weight is 636 g/mol. The number of rotatable bonds is 11. The molecule has 0 radical (unpaired) electrons. The summed E-state index contributed by atoms with van der Waals surface area (Å²) in [7, 11) is -8.04. The third-order valence-corrected chi connectivity index (χ3v) is 11.6. The highest BCUT2D eigenvalue weighted by atomic mass is 32.2. The molecule has 2 N–H and O–H groups in total.